The summed E-state index contributed by atoms with van der Waals surface area (Å²) in [5.74, 6) is 0.210. The molecule has 1 heterocycles. The Hall–Kier alpha value is -2.47. The molecule has 0 fully saturated rings. The monoisotopic (exact) mass is 290 g/mol. The average molecular weight is 291 g/mol. The number of benzene rings is 1. The van der Waals surface area contributed by atoms with E-state index in [0.717, 1.165) is 0 Å². The van der Waals surface area contributed by atoms with E-state index in [1.165, 1.54) is 19.2 Å². The quantitative estimate of drug-likeness (QED) is 0.672. The molecule has 0 aliphatic carbocycles. The van der Waals surface area contributed by atoms with Crippen LogP contribution in [0.5, 0.6) is 0 Å². The number of hydrogen-bond donors (Lipinski definition) is 2. The highest BCUT2D eigenvalue weighted by Gasteiger charge is 2.06. The fourth-order valence-electron chi connectivity index (χ4n) is 1.50. The van der Waals surface area contributed by atoms with E-state index >= 15 is 0 Å². The van der Waals surface area contributed by atoms with Gasteiger partial charge in [-0.05, 0) is 36.7 Å². The predicted octanol–water partition coefficient (Wildman–Crippen LogP) is 2.98. The predicted molar refractivity (Wildman–Crippen MR) is 76.1 cm³/mol. The molecule has 0 radical (unpaired) electrons. The Balaban J connectivity index is 2.04. The molecule has 2 aromatic rings. The zero-order valence-corrected chi connectivity index (χ0v) is 11.3. The van der Waals surface area contributed by atoms with E-state index in [2.05, 4.69) is 20.6 Å². The third kappa shape index (κ3) is 3.76. The van der Waals surface area contributed by atoms with Crippen LogP contribution in [0.1, 0.15) is 17.3 Å². The van der Waals surface area contributed by atoms with Gasteiger partial charge in [0.05, 0.1) is 0 Å². The largest absolute Gasteiger partial charge is 0.324 e. The van der Waals surface area contributed by atoms with E-state index < -0.39 is 6.03 Å². The molecule has 0 bridgehead atoms. The summed E-state index contributed by atoms with van der Waals surface area (Å²) in [6.45, 7) is 1.46. The second-order valence-corrected chi connectivity index (χ2v) is 4.27. The number of rotatable bonds is 3. The number of anilines is 2. The van der Waals surface area contributed by atoms with E-state index in [1.807, 2.05) is 0 Å². The summed E-state index contributed by atoms with van der Waals surface area (Å²) in [4.78, 5) is 30.6. The molecule has 0 spiro atoms. The number of carbonyl (C=O) groups excluding carboxylic acids is 2. The minimum atomic E-state index is -0.486. The number of hydrogen-bond acceptors (Lipinski definition) is 4. The summed E-state index contributed by atoms with van der Waals surface area (Å²) < 4.78 is 0. The molecule has 6 nitrogen and oxygen atoms in total. The smallest absolute Gasteiger partial charge is 0.308 e. The van der Waals surface area contributed by atoms with Crippen LogP contribution in [0.25, 0.3) is 0 Å². The number of Topliss-reactive ketones (excluding diaryl/α,β-unsaturated/α-hetero) is 1. The Bertz CT molecular complexity index is 660. The first-order valence-corrected chi connectivity index (χ1v) is 6.10. The number of urea groups is 1. The van der Waals surface area contributed by atoms with Crippen LogP contribution in [-0.2, 0) is 0 Å². The molecule has 2 rings (SSSR count). The van der Waals surface area contributed by atoms with Crippen LogP contribution in [0.4, 0.5) is 16.3 Å². The van der Waals surface area contributed by atoms with Crippen molar-refractivity contribution in [3.63, 3.8) is 0 Å². The van der Waals surface area contributed by atoms with E-state index in [0.29, 0.717) is 11.3 Å². The second kappa shape index (κ2) is 6.12. The van der Waals surface area contributed by atoms with Crippen LogP contribution in [0, 0.1) is 0 Å². The lowest BCUT2D eigenvalue weighted by Crippen LogP contribution is -2.20. The molecule has 102 valence electrons. The zero-order valence-electron chi connectivity index (χ0n) is 10.6. The van der Waals surface area contributed by atoms with Gasteiger partial charge in [0.1, 0.15) is 5.82 Å². The molecule has 0 saturated heterocycles. The maximum atomic E-state index is 11.8. The van der Waals surface area contributed by atoms with Gasteiger partial charge in [0, 0.05) is 17.4 Å². The normalized spacial score (nSPS) is 9.90. The van der Waals surface area contributed by atoms with Gasteiger partial charge >= 0.3 is 6.03 Å². The summed E-state index contributed by atoms with van der Waals surface area (Å²) in [7, 11) is 0. The summed E-state index contributed by atoms with van der Waals surface area (Å²) in [5, 5.41) is 5.15. The van der Waals surface area contributed by atoms with Crippen molar-refractivity contribution in [1.29, 1.82) is 0 Å². The number of amides is 2. The molecule has 0 aliphatic rings. The van der Waals surface area contributed by atoms with Gasteiger partial charge in [0.2, 0.25) is 5.28 Å². The third-order valence-electron chi connectivity index (χ3n) is 2.39. The van der Waals surface area contributed by atoms with Crippen LogP contribution in [0.2, 0.25) is 5.28 Å². The lowest BCUT2D eigenvalue weighted by molar-refractivity contribution is 0.101. The van der Waals surface area contributed by atoms with Gasteiger partial charge < -0.3 is 5.32 Å². The van der Waals surface area contributed by atoms with Crippen molar-refractivity contribution in [3.05, 3.63) is 47.4 Å². The minimum Gasteiger partial charge on any atom is -0.308 e. The SMILES string of the molecule is CC(=O)c1cccc(NC(=O)Nc2ccnc(Cl)n2)c1. The van der Waals surface area contributed by atoms with Crippen LogP contribution in [-0.4, -0.2) is 21.8 Å². The molecule has 0 atom stereocenters. The molecule has 0 unspecified atom stereocenters. The van der Waals surface area contributed by atoms with Crippen molar-refractivity contribution >= 4 is 34.9 Å². The van der Waals surface area contributed by atoms with Crippen LogP contribution in [0.15, 0.2) is 36.5 Å². The van der Waals surface area contributed by atoms with Gasteiger partial charge in [-0.1, -0.05) is 12.1 Å². The summed E-state index contributed by atoms with van der Waals surface area (Å²) in [6.07, 6.45) is 1.43. The summed E-state index contributed by atoms with van der Waals surface area (Å²) in [5.41, 5.74) is 1.03. The number of carbonyl (C=O) groups is 2. The Morgan fingerprint density at radius 3 is 2.70 bits per heavy atom. The minimum absolute atomic E-state index is 0.0429. The Morgan fingerprint density at radius 1 is 1.20 bits per heavy atom. The first-order valence-electron chi connectivity index (χ1n) is 5.72. The number of nitrogens with zero attached hydrogens (tertiary/aromatic N) is 2. The van der Waals surface area contributed by atoms with Crippen molar-refractivity contribution in [3.8, 4) is 0 Å². The number of halogens is 1. The third-order valence-corrected chi connectivity index (χ3v) is 2.58. The van der Waals surface area contributed by atoms with Crippen LogP contribution in [0.3, 0.4) is 0 Å². The molecule has 1 aromatic carbocycles. The molecule has 0 saturated carbocycles. The van der Waals surface area contributed by atoms with Gasteiger partial charge in [-0.3, -0.25) is 10.1 Å². The van der Waals surface area contributed by atoms with Crippen molar-refractivity contribution in [2.24, 2.45) is 0 Å². The number of nitrogens with one attached hydrogen (secondary N) is 2. The Kier molecular flexibility index (Phi) is 4.27. The lowest BCUT2D eigenvalue weighted by Gasteiger charge is -2.07. The van der Waals surface area contributed by atoms with E-state index in [4.69, 9.17) is 11.6 Å². The van der Waals surface area contributed by atoms with E-state index in [1.54, 1.807) is 24.3 Å². The highest BCUT2D eigenvalue weighted by molar-refractivity contribution is 6.28. The molecule has 2 amide bonds. The first kappa shape index (κ1) is 14.0. The topological polar surface area (TPSA) is 84.0 Å². The molecule has 2 N–H and O–H groups in total. The molecule has 7 heteroatoms. The lowest BCUT2D eigenvalue weighted by atomic mass is 10.1. The highest BCUT2D eigenvalue weighted by Crippen LogP contribution is 2.12. The van der Waals surface area contributed by atoms with Gasteiger partial charge in [-0.15, -0.1) is 0 Å². The van der Waals surface area contributed by atoms with Crippen molar-refractivity contribution in [1.82, 2.24) is 9.97 Å². The average Bonchev–Trinajstić information content (AvgIpc) is 2.38. The Morgan fingerprint density at radius 2 is 2.00 bits per heavy atom. The number of aromatic nitrogens is 2. The van der Waals surface area contributed by atoms with Gasteiger partial charge in [-0.2, -0.15) is 0 Å². The fourth-order valence-corrected chi connectivity index (χ4v) is 1.65. The van der Waals surface area contributed by atoms with Crippen molar-refractivity contribution in [2.75, 3.05) is 10.6 Å². The van der Waals surface area contributed by atoms with Crippen molar-refractivity contribution in [2.45, 2.75) is 6.92 Å². The van der Waals surface area contributed by atoms with Crippen LogP contribution < -0.4 is 10.6 Å². The Labute approximate surface area is 120 Å². The number of ketones is 1. The fraction of sp³-hybridized carbons (Fsp3) is 0.0769. The van der Waals surface area contributed by atoms with Gasteiger partial charge in [0.15, 0.2) is 5.78 Å². The standard InChI is InChI=1S/C13H11ClN4O2/c1-8(19)9-3-2-4-10(7-9)16-13(20)18-11-5-6-15-12(14)17-11/h2-7H,1H3,(H2,15,16,17,18,20). The molecular weight excluding hydrogens is 280 g/mol. The maximum absolute atomic E-state index is 11.8. The molecular formula is C13H11ClN4O2. The summed E-state index contributed by atoms with van der Waals surface area (Å²) in [6, 6.07) is 7.66. The van der Waals surface area contributed by atoms with Gasteiger partial charge in [-0.25, -0.2) is 14.8 Å². The molecule has 0 aliphatic heterocycles. The zero-order chi connectivity index (χ0) is 14.5. The van der Waals surface area contributed by atoms with E-state index in [-0.39, 0.29) is 16.9 Å². The maximum Gasteiger partial charge on any atom is 0.324 e. The molecule has 20 heavy (non-hydrogen) atoms. The van der Waals surface area contributed by atoms with Crippen molar-refractivity contribution < 1.29 is 9.59 Å². The summed E-state index contributed by atoms with van der Waals surface area (Å²) >= 11 is 5.61. The van der Waals surface area contributed by atoms with Gasteiger partial charge in [0.25, 0.3) is 0 Å². The van der Waals surface area contributed by atoms with E-state index in [9.17, 15) is 9.59 Å². The van der Waals surface area contributed by atoms with Crippen LogP contribution >= 0.6 is 11.6 Å². The highest BCUT2D eigenvalue weighted by atomic mass is 35.5. The first-order chi connectivity index (χ1) is 9.54. The molecule has 1 aromatic heterocycles. The second-order valence-electron chi connectivity index (χ2n) is 3.93.